The maximum atomic E-state index is 2.45. The van der Waals surface area contributed by atoms with E-state index in [1.807, 2.05) is 0 Å². The van der Waals surface area contributed by atoms with E-state index in [1.165, 1.54) is 25.3 Å². The fourth-order valence-corrected chi connectivity index (χ4v) is 2.42. The second-order valence-corrected chi connectivity index (χ2v) is 8.79. The van der Waals surface area contributed by atoms with Crippen molar-refractivity contribution in [3.05, 3.63) is 6.04 Å². The Morgan fingerprint density at radius 1 is 1.20 bits per heavy atom. The molecule has 0 rings (SSSR count). The van der Waals surface area contributed by atoms with Gasteiger partial charge in [-0.05, 0) is 6.04 Å². The summed E-state index contributed by atoms with van der Waals surface area (Å²) in [5, 5.41) is 0. The molecule has 0 aliphatic carbocycles. The Bertz CT molecular complexity index is 76.8. The molecule has 0 fully saturated rings. The van der Waals surface area contributed by atoms with Gasteiger partial charge in [-0.2, -0.15) is 0 Å². The normalized spacial score (nSPS) is 12.0. The van der Waals surface area contributed by atoms with Gasteiger partial charge in [-0.25, -0.2) is 0 Å². The molecule has 0 nitrogen and oxygen atoms in total. The molecule has 0 aromatic carbocycles. The Morgan fingerprint density at radius 2 is 1.80 bits per heavy atom. The lowest BCUT2D eigenvalue weighted by atomic mass is 10.3. The van der Waals surface area contributed by atoms with Crippen LogP contribution < -0.4 is 0 Å². The molecule has 10 heavy (non-hydrogen) atoms. The Hall–Kier alpha value is 0.217. The van der Waals surface area contributed by atoms with Gasteiger partial charge in [0.25, 0.3) is 0 Å². The molecule has 0 atom stereocenters. The third-order valence-corrected chi connectivity index (χ3v) is 5.41. The summed E-state index contributed by atoms with van der Waals surface area (Å²) in [6.45, 7) is 9.38. The van der Waals surface area contributed by atoms with E-state index >= 15 is 0 Å². The zero-order chi connectivity index (χ0) is 8.04. The Morgan fingerprint density at radius 3 is 2.20 bits per heavy atom. The standard InChI is InChI=1S/C9H21Si/c1-5-7-8-9-10(3,4)6-2/h6H,5,7-9H2,1-4H3. The van der Waals surface area contributed by atoms with Crippen LogP contribution in [0.15, 0.2) is 0 Å². The number of hydrogen-bond donors (Lipinski definition) is 0. The molecule has 0 saturated heterocycles. The van der Waals surface area contributed by atoms with Gasteiger partial charge in [0.1, 0.15) is 0 Å². The summed E-state index contributed by atoms with van der Waals surface area (Å²) >= 11 is 0. The number of rotatable bonds is 5. The van der Waals surface area contributed by atoms with Crippen LogP contribution in [0.1, 0.15) is 33.1 Å². The zero-order valence-electron chi connectivity index (χ0n) is 7.91. The Balaban J connectivity index is 3.28. The van der Waals surface area contributed by atoms with E-state index < -0.39 is 8.07 Å². The summed E-state index contributed by atoms with van der Waals surface area (Å²) in [6.07, 6.45) is 4.22. The van der Waals surface area contributed by atoms with Crippen LogP contribution in [0.2, 0.25) is 19.1 Å². The van der Waals surface area contributed by atoms with E-state index in [9.17, 15) is 0 Å². The van der Waals surface area contributed by atoms with Crippen molar-refractivity contribution in [1.29, 1.82) is 0 Å². The molecular formula is C9H21Si. The fraction of sp³-hybridized carbons (Fsp3) is 0.889. The average Bonchev–Trinajstić information content (AvgIpc) is 1.89. The van der Waals surface area contributed by atoms with E-state index in [2.05, 4.69) is 33.0 Å². The molecule has 0 aromatic heterocycles. The molecule has 0 aromatic rings. The fourth-order valence-electron chi connectivity index (χ4n) is 0.975. The van der Waals surface area contributed by atoms with Gasteiger partial charge in [-0.1, -0.05) is 52.2 Å². The molecule has 0 aliphatic rings. The molecule has 0 bridgehead atoms. The number of unbranched alkanes of at least 4 members (excludes halogenated alkanes) is 2. The lowest BCUT2D eigenvalue weighted by Gasteiger charge is -2.18. The van der Waals surface area contributed by atoms with Gasteiger partial charge < -0.3 is 0 Å². The predicted octanol–water partition coefficient (Wildman–Crippen LogP) is 3.65. The van der Waals surface area contributed by atoms with Crippen molar-refractivity contribution in [3.63, 3.8) is 0 Å². The second-order valence-electron chi connectivity index (χ2n) is 3.73. The van der Waals surface area contributed by atoms with Crippen LogP contribution >= 0.6 is 0 Å². The average molecular weight is 157 g/mol. The van der Waals surface area contributed by atoms with Gasteiger partial charge in [0, 0.05) is 0 Å². The highest BCUT2D eigenvalue weighted by atomic mass is 28.3. The first-order valence-corrected chi connectivity index (χ1v) is 7.71. The van der Waals surface area contributed by atoms with Crippen LogP contribution in [0.3, 0.4) is 0 Å². The monoisotopic (exact) mass is 157 g/mol. The lowest BCUT2D eigenvalue weighted by Crippen LogP contribution is -2.24. The first-order valence-electron chi connectivity index (χ1n) is 4.43. The molecule has 0 spiro atoms. The van der Waals surface area contributed by atoms with Crippen molar-refractivity contribution in [1.82, 2.24) is 0 Å². The van der Waals surface area contributed by atoms with Crippen molar-refractivity contribution in [2.45, 2.75) is 52.2 Å². The SMILES string of the molecule is C[CH][Si](C)(C)CCCCC. The van der Waals surface area contributed by atoms with Crippen molar-refractivity contribution >= 4 is 8.07 Å². The predicted molar refractivity (Wildman–Crippen MR) is 51.8 cm³/mol. The van der Waals surface area contributed by atoms with Crippen LogP contribution in [0, 0.1) is 6.04 Å². The molecule has 61 valence electrons. The quantitative estimate of drug-likeness (QED) is 0.422. The Labute approximate surface area is 67.0 Å². The summed E-state index contributed by atoms with van der Waals surface area (Å²) in [6, 6.07) is 3.93. The molecule has 1 heteroatoms. The first-order chi connectivity index (χ1) is 4.62. The largest absolute Gasteiger partial charge is 0.0692 e. The van der Waals surface area contributed by atoms with Gasteiger partial charge in [-0.3, -0.25) is 0 Å². The minimum atomic E-state index is -0.840. The highest BCUT2D eigenvalue weighted by Crippen LogP contribution is 2.16. The van der Waals surface area contributed by atoms with Crippen molar-refractivity contribution in [2.75, 3.05) is 0 Å². The van der Waals surface area contributed by atoms with E-state index in [-0.39, 0.29) is 0 Å². The van der Waals surface area contributed by atoms with Gasteiger partial charge in [0.05, 0.1) is 8.07 Å². The molecule has 0 N–H and O–H groups in total. The minimum absolute atomic E-state index is 0.840. The van der Waals surface area contributed by atoms with Crippen LogP contribution in [0.5, 0.6) is 0 Å². The maximum Gasteiger partial charge on any atom is 0.0501 e. The van der Waals surface area contributed by atoms with E-state index in [0.29, 0.717) is 0 Å². The van der Waals surface area contributed by atoms with Crippen LogP contribution in [0.25, 0.3) is 0 Å². The molecule has 1 radical (unpaired) electrons. The van der Waals surface area contributed by atoms with Gasteiger partial charge in [-0.15, -0.1) is 0 Å². The molecule has 0 amide bonds. The summed E-state index contributed by atoms with van der Waals surface area (Å²) in [4.78, 5) is 0. The van der Waals surface area contributed by atoms with Crippen molar-refractivity contribution < 1.29 is 0 Å². The molecule has 0 aliphatic heterocycles. The van der Waals surface area contributed by atoms with Crippen LogP contribution in [-0.4, -0.2) is 8.07 Å². The third-order valence-electron chi connectivity index (χ3n) is 2.21. The van der Waals surface area contributed by atoms with E-state index in [4.69, 9.17) is 0 Å². The maximum absolute atomic E-state index is 2.45. The van der Waals surface area contributed by atoms with Gasteiger partial charge in [0.15, 0.2) is 0 Å². The number of hydrogen-bond acceptors (Lipinski definition) is 0. The highest BCUT2D eigenvalue weighted by molar-refractivity contribution is 6.80. The van der Waals surface area contributed by atoms with Crippen LogP contribution in [-0.2, 0) is 0 Å². The smallest absolute Gasteiger partial charge is 0.0501 e. The molecule has 0 saturated carbocycles. The Kier molecular flexibility index (Phi) is 5.05. The minimum Gasteiger partial charge on any atom is -0.0692 e. The van der Waals surface area contributed by atoms with Gasteiger partial charge >= 0.3 is 0 Å². The third kappa shape index (κ3) is 5.04. The van der Waals surface area contributed by atoms with Gasteiger partial charge in [0.2, 0.25) is 0 Å². The molecular weight excluding hydrogens is 136 g/mol. The second kappa shape index (κ2) is 4.95. The molecule has 0 heterocycles. The van der Waals surface area contributed by atoms with E-state index in [0.717, 1.165) is 0 Å². The molecule has 0 unspecified atom stereocenters. The van der Waals surface area contributed by atoms with Crippen LogP contribution in [0.4, 0.5) is 0 Å². The zero-order valence-corrected chi connectivity index (χ0v) is 8.91. The summed E-state index contributed by atoms with van der Waals surface area (Å²) in [7, 11) is -0.840. The first kappa shape index (κ1) is 10.2. The summed E-state index contributed by atoms with van der Waals surface area (Å²) in [5.41, 5.74) is 0. The lowest BCUT2D eigenvalue weighted by molar-refractivity contribution is 0.763. The topological polar surface area (TPSA) is 0 Å². The highest BCUT2D eigenvalue weighted by Gasteiger charge is 2.16. The summed E-state index contributed by atoms with van der Waals surface area (Å²) < 4.78 is 0. The van der Waals surface area contributed by atoms with Crippen molar-refractivity contribution in [3.8, 4) is 0 Å². The van der Waals surface area contributed by atoms with E-state index in [1.54, 1.807) is 0 Å². The summed E-state index contributed by atoms with van der Waals surface area (Å²) in [5.74, 6) is 0. The van der Waals surface area contributed by atoms with Crippen molar-refractivity contribution in [2.24, 2.45) is 0 Å².